The third kappa shape index (κ3) is 3.28. The zero-order chi connectivity index (χ0) is 12.8. The highest BCUT2D eigenvalue weighted by Crippen LogP contribution is 2.17. The molecule has 1 N–H and O–H groups in total. The third-order valence-corrected chi connectivity index (χ3v) is 2.52. The summed E-state index contributed by atoms with van der Waals surface area (Å²) in [5.41, 5.74) is 2.83. The van der Waals surface area contributed by atoms with E-state index < -0.39 is 0 Å². The van der Waals surface area contributed by atoms with E-state index >= 15 is 0 Å². The van der Waals surface area contributed by atoms with Crippen molar-refractivity contribution in [3.05, 3.63) is 53.6 Å². The van der Waals surface area contributed by atoms with E-state index in [4.69, 9.17) is 4.74 Å². The molecule has 0 radical (unpaired) electrons. The summed E-state index contributed by atoms with van der Waals surface area (Å²) in [5.74, 6) is 0.806. The predicted octanol–water partition coefficient (Wildman–Crippen LogP) is 2.08. The standard InChI is InChI=1S/C14H17N3O/c1-11-6-7-14(13(17-11)9-15-2)18-10-12-5-3-4-8-16-12/h3-8,15H,9-10H2,1-2H3. The minimum atomic E-state index is 0.461. The van der Waals surface area contributed by atoms with Crippen molar-refractivity contribution in [1.82, 2.24) is 15.3 Å². The molecule has 0 atom stereocenters. The van der Waals surface area contributed by atoms with Gasteiger partial charge in [0.25, 0.3) is 0 Å². The predicted molar refractivity (Wildman–Crippen MR) is 70.3 cm³/mol. The molecule has 94 valence electrons. The number of ether oxygens (including phenoxy) is 1. The van der Waals surface area contributed by atoms with E-state index in [0.717, 1.165) is 22.8 Å². The molecular formula is C14H17N3O. The molecule has 0 saturated heterocycles. The molecule has 0 bridgehead atoms. The minimum Gasteiger partial charge on any atom is -0.485 e. The summed E-state index contributed by atoms with van der Waals surface area (Å²) in [6.07, 6.45) is 1.76. The maximum Gasteiger partial charge on any atom is 0.142 e. The number of nitrogens with one attached hydrogen (secondary N) is 1. The second-order valence-corrected chi connectivity index (χ2v) is 4.04. The Labute approximate surface area is 107 Å². The molecule has 2 rings (SSSR count). The topological polar surface area (TPSA) is 47.0 Å². The molecule has 0 aliphatic heterocycles. The molecule has 0 spiro atoms. The average molecular weight is 243 g/mol. The summed E-state index contributed by atoms with van der Waals surface area (Å²) < 4.78 is 5.77. The summed E-state index contributed by atoms with van der Waals surface area (Å²) in [4.78, 5) is 8.69. The average Bonchev–Trinajstić information content (AvgIpc) is 2.39. The van der Waals surface area contributed by atoms with Crippen molar-refractivity contribution in [2.75, 3.05) is 7.05 Å². The molecule has 0 unspecified atom stereocenters. The number of pyridine rings is 2. The Kier molecular flexibility index (Phi) is 4.25. The normalized spacial score (nSPS) is 10.3. The lowest BCUT2D eigenvalue weighted by Gasteiger charge is -2.10. The van der Waals surface area contributed by atoms with E-state index in [2.05, 4.69) is 15.3 Å². The van der Waals surface area contributed by atoms with Gasteiger partial charge in [0, 0.05) is 18.4 Å². The van der Waals surface area contributed by atoms with Crippen LogP contribution in [-0.2, 0) is 13.2 Å². The molecular weight excluding hydrogens is 226 g/mol. The first-order valence-corrected chi connectivity index (χ1v) is 5.93. The number of rotatable bonds is 5. The van der Waals surface area contributed by atoms with Gasteiger partial charge in [-0.2, -0.15) is 0 Å². The van der Waals surface area contributed by atoms with Gasteiger partial charge in [-0.25, -0.2) is 0 Å². The summed E-state index contributed by atoms with van der Waals surface area (Å²) in [5, 5.41) is 3.09. The van der Waals surface area contributed by atoms with Crippen LogP contribution in [0.4, 0.5) is 0 Å². The Morgan fingerprint density at radius 2 is 2.11 bits per heavy atom. The highest BCUT2D eigenvalue weighted by molar-refractivity contribution is 5.29. The Morgan fingerprint density at radius 3 is 2.83 bits per heavy atom. The van der Waals surface area contributed by atoms with E-state index in [1.54, 1.807) is 6.20 Å². The van der Waals surface area contributed by atoms with Crippen LogP contribution >= 0.6 is 0 Å². The van der Waals surface area contributed by atoms with Gasteiger partial charge in [-0.3, -0.25) is 9.97 Å². The molecule has 0 saturated carbocycles. The van der Waals surface area contributed by atoms with Crippen LogP contribution in [0.5, 0.6) is 5.75 Å². The summed E-state index contributed by atoms with van der Waals surface area (Å²) in [6, 6.07) is 9.70. The fraction of sp³-hybridized carbons (Fsp3) is 0.286. The van der Waals surface area contributed by atoms with Gasteiger partial charge < -0.3 is 10.1 Å². The Hall–Kier alpha value is -1.94. The molecule has 4 nitrogen and oxygen atoms in total. The van der Waals surface area contributed by atoms with Crippen LogP contribution in [0.1, 0.15) is 17.1 Å². The van der Waals surface area contributed by atoms with E-state index in [1.807, 2.05) is 44.3 Å². The van der Waals surface area contributed by atoms with Crippen molar-refractivity contribution in [2.24, 2.45) is 0 Å². The van der Waals surface area contributed by atoms with Gasteiger partial charge in [0.05, 0.1) is 11.4 Å². The van der Waals surface area contributed by atoms with Crippen molar-refractivity contribution in [3.8, 4) is 5.75 Å². The molecule has 0 aromatic carbocycles. The second kappa shape index (κ2) is 6.12. The second-order valence-electron chi connectivity index (χ2n) is 4.04. The lowest BCUT2D eigenvalue weighted by molar-refractivity contribution is 0.295. The van der Waals surface area contributed by atoms with E-state index in [0.29, 0.717) is 13.2 Å². The molecule has 2 heterocycles. The van der Waals surface area contributed by atoms with Gasteiger partial charge in [0.15, 0.2) is 0 Å². The number of aryl methyl sites for hydroxylation is 1. The molecule has 0 aliphatic carbocycles. The molecule has 0 aliphatic rings. The summed E-state index contributed by atoms with van der Waals surface area (Å²) in [7, 11) is 1.90. The summed E-state index contributed by atoms with van der Waals surface area (Å²) >= 11 is 0. The smallest absolute Gasteiger partial charge is 0.142 e. The molecule has 0 fully saturated rings. The van der Waals surface area contributed by atoms with Crippen LogP contribution in [-0.4, -0.2) is 17.0 Å². The molecule has 2 aromatic rings. The third-order valence-electron chi connectivity index (χ3n) is 2.52. The van der Waals surface area contributed by atoms with Gasteiger partial charge in [-0.05, 0) is 38.2 Å². The Balaban J connectivity index is 2.09. The maximum absolute atomic E-state index is 5.77. The molecule has 0 amide bonds. The molecule has 2 aromatic heterocycles. The van der Waals surface area contributed by atoms with E-state index in [-0.39, 0.29) is 0 Å². The Morgan fingerprint density at radius 1 is 1.22 bits per heavy atom. The van der Waals surface area contributed by atoms with Crippen molar-refractivity contribution >= 4 is 0 Å². The lowest BCUT2D eigenvalue weighted by Crippen LogP contribution is -2.10. The van der Waals surface area contributed by atoms with Crippen molar-refractivity contribution in [3.63, 3.8) is 0 Å². The lowest BCUT2D eigenvalue weighted by atomic mass is 10.3. The van der Waals surface area contributed by atoms with E-state index in [9.17, 15) is 0 Å². The molecule has 18 heavy (non-hydrogen) atoms. The van der Waals surface area contributed by atoms with Crippen LogP contribution in [0.2, 0.25) is 0 Å². The first-order valence-electron chi connectivity index (χ1n) is 5.93. The van der Waals surface area contributed by atoms with Crippen LogP contribution < -0.4 is 10.1 Å². The van der Waals surface area contributed by atoms with Gasteiger partial charge in [-0.1, -0.05) is 6.07 Å². The zero-order valence-electron chi connectivity index (χ0n) is 10.7. The fourth-order valence-electron chi connectivity index (χ4n) is 1.66. The van der Waals surface area contributed by atoms with Gasteiger partial charge in [0.2, 0.25) is 0 Å². The first-order chi connectivity index (χ1) is 8.79. The van der Waals surface area contributed by atoms with Crippen molar-refractivity contribution < 1.29 is 4.74 Å². The van der Waals surface area contributed by atoms with E-state index in [1.165, 1.54) is 0 Å². The highest BCUT2D eigenvalue weighted by Gasteiger charge is 2.05. The highest BCUT2D eigenvalue weighted by atomic mass is 16.5. The zero-order valence-corrected chi connectivity index (χ0v) is 10.7. The van der Waals surface area contributed by atoms with Crippen LogP contribution in [0.15, 0.2) is 36.5 Å². The van der Waals surface area contributed by atoms with Gasteiger partial charge in [0.1, 0.15) is 12.4 Å². The number of aromatic nitrogens is 2. The van der Waals surface area contributed by atoms with Crippen molar-refractivity contribution in [2.45, 2.75) is 20.1 Å². The van der Waals surface area contributed by atoms with Crippen LogP contribution in [0.25, 0.3) is 0 Å². The quantitative estimate of drug-likeness (QED) is 0.873. The monoisotopic (exact) mass is 243 g/mol. The first kappa shape index (κ1) is 12.5. The maximum atomic E-state index is 5.77. The molecule has 4 heteroatoms. The van der Waals surface area contributed by atoms with Crippen LogP contribution in [0, 0.1) is 6.92 Å². The summed E-state index contributed by atoms with van der Waals surface area (Å²) in [6.45, 7) is 3.13. The van der Waals surface area contributed by atoms with Crippen molar-refractivity contribution in [1.29, 1.82) is 0 Å². The number of hydrogen-bond acceptors (Lipinski definition) is 4. The number of hydrogen-bond donors (Lipinski definition) is 1. The Bertz CT molecular complexity index is 500. The van der Waals surface area contributed by atoms with Gasteiger partial charge in [-0.15, -0.1) is 0 Å². The fourth-order valence-corrected chi connectivity index (χ4v) is 1.66. The van der Waals surface area contributed by atoms with Crippen LogP contribution in [0.3, 0.4) is 0 Å². The SMILES string of the molecule is CNCc1nc(C)ccc1OCc1ccccn1. The van der Waals surface area contributed by atoms with Gasteiger partial charge >= 0.3 is 0 Å². The minimum absolute atomic E-state index is 0.461. The largest absolute Gasteiger partial charge is 0.485 e. The number of nitrogens with zero attached hydrogens (tertiary/aromatic N) is 2.